The number of hydrogen-bond donors (Lipinski definition) is 1. The molecular formula is C12H12Cl2O2SiTi. The Kier molecular flexibility index (Phi) is 5.84. The van der Waals surface area contributed by atoms with Crippen molar-refractivity contribution in [1.82, 2.24) is 0 Å². The van der Waals surface area contributed by atoms with Crippen LogP contribution in [0, 0.1) is 0 Å². The molecule has 1 fully saturated rings. The molecule has 0 atom stereocenters. The summed E-state index contributed by atoms with van der Waals surface area (Å²) < 4.78 is 2.70. The van der Waals surface area contributed by atoms with Gasteiger partial charge in [0.1, 0.15) is 0 Å². The maximum absolute atomic E-state index is 11.8. The van der Waals surface area contributed by atoms with E-state index >= 15 is 0 Å². The van der Waals surface area contributed by atoms with Crippen LogP contribution in [0.4, 0.5) is 0 Å². The number of hydrogen-bond acceptors (Lipinski definition) is 2. The third-order valence-electron chi connectivity index (χ3n) is 3.13. The smallest absolute Gasteiger partial charge is 1.00 e. The minimum Gasteiger partial charge on any atom is -1.00 e. The Bertz CT molecular complexity index is 506. The van der Waals surface area contributed by atoms with E-state index in [9.17, 15) is 4.79 Å². The molecule has 0 radical (unpaired) electrons. The van der Waals surface area contributed by atoms with E-state index in [1.165, 1.54) is 10.8 Å². The van der Waals surface area contributed by atoms with Crippen LogP contribution in [0.3, 0.4) is 0 Å². The zero-order chi connectivity index (χ0) is 11.1. The molecule has 2 nitrogen and oxygen atoms in total. The molecule has 0 aromatic carbocycles. The Morgan fingerprint density at radius 3 is 2.78 bits per heavy atom. The van der Waals surface area contributed by atoms with Crippen molar-refractivity contribution in [3.05, 3.63) is 43.6 Å². The van der Waals surface area contributed by atoms with Crippen LogP contribution in [0.15, 0.2) is 43.6 Å². The zero-order valence-electron chi connectivity index (χ0n) is 9.67. The molecule has 1 heterocycles. The summed E-state index contributed by atoms with van der Waals surface area (Å²) in [6.45, 7) is 0.300. The van der Waals surface area contributed by atoms with Crippen LogP contribution in [-0.4, -0.2) is 27.0 Å². The summed E-state index contributed by atoms with van der Waals surface area (Å²) >= 11 is -0.130. The first-order valence-electron chi connectivity index (χ1n) is 5.58. The first-order valence-corrected chi connectivity index (χ1v) is 8.87. The molecule has 1 saturated heterocycles. The second-order valence-electron chi connectivity index (χ2n) is 4.19. The fraction of sp³-hybridized carbons (Fsp3) is 0.250. The van der Waals surface area contributed by atoms with Gasteiger partial charge in [-0.25, -0.2) is 0 Å². The number of rotatable bonds is 4. The third-order valence-corrected chi connectivity index (χ3v) is 7.83. The third kappa shape index (κ3) is 2.67. The molecule has 3 rings (SSSR count). The van der Waals surface area contributed by atoms with Gasteiger partial charge in [-0.2, -0.15) is 0 Å². The molecule has 1 N–H and O–H groups in total. The van der Waals surface area contributed by atoms with Gasteiger partial charge in [0.15, 0.2) is 0 Å². The summed E-state index contributed by atoms with van der Waals surface area (Å²) in [4.78, 5) is 11.8. The number of aliphatic hydroxyl groups excluding tert-OH is 1. The van der Waals surface area contributed by atoms with E-state index in [1.807, 2.05) is 6.08 Å². The second kappa shape index (κ2) is 6.51. The number of carbonyl (C=O) groups excluding carboxylic acids is 1. The van der Waals surface area contributed by atoms with Crippen LogP contribution in [0.25, 0.3) is 0 Å². The van der Waals surface area contributed by atoms with Crippen molar-refractivity contribution in [2.45, 2.75) is 11.1 Å². The van der Waals surface area contributed by atoms with Gasteiger partial charge in [0.2, 0.25) is 0 Å². The molecule has 0 spiro atoms. The minimum absolute atomic E-state index is 0. The molecule has 0 aromatic heterocycles. The van der Waals surface area contributed by atoms with Crippen LogP contribution >= 0.6 is 0 Å². The van der Waals surface area contributed by atoms with Crippen molar-refractivity contribution in [3.8, 4) is 0 Å². The van der Waals surface area contributed by atoms with Gasteiger partial charge in [-0.15, -0.1) is 0 Å². The summed E-state index contributed by atoms with van der Waals surface area (Å²) in [7, 11) is -0.155. The van der Waals surface area contributed by atoms with Crippen LogP contribution < -0.4 is 24.8 Å². The Hall–Kier alpha value is 0.101. The standard InChI is InChI=1S/C9H5OSi.C3H7O.2ClH.Ti/c10-6-3-1-2-5-4-7-9(11-7)8(5)6;1-2-3-4;;;/h1-3H,11H2;4H,1-3H2;2*1H;/q;;;;+2/p-2. The summed E-state index contributed by atoms with van der Waals surface area (Å²) in [5.41, 5.74) is 2.29. The van der Waals surface area contributed by atoms with E-state index in [-0.39, 0.29) is 59.3 Å². The average Bonchev–Trinajstić information content (AvgIpc) is 2.99. The number of halogens is 2. The minimum atomic E-state index is -0.155. The van der Waals surface area contributed by atoms with E-state index < -0.39 is 0 Å². The van der Waals surface area contributed by atoms with Gasteiger partial charge in [-0.3, -0.25) is 0 Å². The SMILES string of the molecule is O=C1C=CC=C2[C]([Ti+2][CH2]CCO)=C3[SiH2]C3=C12.[Cl-].[Cl-]. The van der Waals surface area contributed by atoms with Gasteiger partial charge in [0, 0.05) is 0 Å². The average molecular weight is 335 g/mol. The molecule has 94 valence electrons. The predicted molar refractivity (Wildman–Crippen MR) is 61.3 cm³/mol. The molecule has 0 bridgehead atoms. The molecule has 0 amide bonds. The Morgan fingerprint density at radius 2 is 2.06 bits per heavy atom. The van der Waals surface area contributed by atoms with Gasteiger partial charge in [-0.1, -0.05) is 0 Å². The maximum atomic E-state index is 11.8. The van der Waals surface area contributed by atoms with Crippen molar-refractivity contribution >= 4 is 15.3 Å². The van der Waals surface area contributed by atoms with Crippen molar-refractivity contribution < 1.29 is 53.9 Å². The number of carbonyl (C=O) groups is 1. The van der Waals surface area contributed by atoms with Crippen molar-refractivity contribution in [2.24, 2.45) is 0 Å². The van der Waals surface area contributed by atoms with Crippen molar-refractivity contribution in [3.63, 3.8) is 0 Å². The van der Waals surface area contributed by atoms with Crippen LogP contribution in [0.1, 0.15) is 6.42 Å². The first-order chi connectivity index (χ1) is 7.83. The fourth-order valence-electron chi connectivity index (χ4n) is 2.32. The summed E-state index contributed by atoms with van der Waals surface area (Å²) in [5.74, 6) is 0.221. The molecule has 2 aliphatic carbocycles. The largest absolute Gasteiger partial charge is 1.00 e. The molecule has 3 aliphatic rings. The van der Waals surface area contributed by atoms with Gasteiger partial charge < -0.3 is 24.8 Å². The van der Waals surface area contributed by atoms with E-state index in [0.717, 1.165) is 16.7 Å². The predicted octanol–water partition coefficient (Wildman–Crippen LogP) is -5.40. The Morgan fingerprint density at radius 1 is 1.28 bits per heavy atom. The molecular weight excluding hydrogens is 323 g/mol. The molecule has 0 unspecified atom stereocenters. The summed E-state index contributed by atoms with van der Waals surface area (Å²) in [6.07, 6.45) is 6.59. The van der Waals surface area contributed by atoms with E-state index in [2.05, 4.69) is 6.08 Å². The van der Waals surface area contributed by atoms with E-state index in [1.54, 1.807) is 15.2 Å². The zero-order valence-corrected chi connectivity index (χ0v) is 14.2. The number of ketones is 1. The number of fused-ring (bicyclic) bond motifs is 2. The molecule has 0 aromatic rings. The van der Waals surface area contributed by atoms with Gasteiger partial charge >= 0.3 is 106 Å². The molecule has 1 aliphatic heterocycles. The van der Waals surface area contributed by atoms with Gasteiger partial charge in [0.25, 0.3) is 0 Å². The van der Waals surface area contributed by atoms with Crippen LogP contribution in [0.5, 0.6) is 0 Å². The monoisotopic (exact) mass is 334 g/mol. The Balaban J connectivity index is 0.000000810. The van der Waals surface area contributed by atoms with Crippen molar-refractivity contribution in [2.75, 3.05) is 6.61 Å². The van der Waals surface area contributed by atoms with Crippen LogP contribution in [-0.2, 0) is 23.9 Å². The van der Waals surface area contributed by atoms with Crippen molar-refractivity contribution in [1.29, 1.82) is 0 Å². The normalized spacial score (nSPS) is 19.8. The van der Waals surface area contributed by atoms with Gasteiger partial charge in [0.05, 0.1) is 0 Å². The Labute approximate surface area is 130 Å². The first kappa shape index (κ1) is 16.2. The maximum Gasteiger partial charge on any atom is -1.00 e. The summed E-state index contributed by atoms with van der Waals surface area (Å²) in [6, 6.07) is 0. The molecule has 18 heavy (non-hydrogen) atoms. The van der Waals surface area contributed by atoms with Crippen LogP contribution in [0.2, 0.25) is 4.73 Å². The number of aliphatic hydroxyl groups is 1. The fourth-order valence-corrected chi connectivity index (χ4v) is 7.16. The number of allylic oxidation sites excluding steroid dienone is 8. The molecule has 0 saturated carbocycles. The molecule has 6 heteroatoms. The quantitative estimate of drug-likeness (QED) is 0.412. The topological polar surface area (TPSA) is 37.3 Å². The van der Waals surface area contributed by atoms with Gasteiger partial charge in [-0.05, 0) is 0 Å². The second-order valence-corrected chi connectivity index (χ2v) is 8.07. The van der Waals surface area contributed by atoms with E-state index in [0.29, 0.717) is 6.61 Å². The van der Waals surface area contributed by atoms with E-state index in [4.69, 9.17) is 5.11 Å². The summed E-state index contributed by atoms with van der Waals surface area (Å²) in [5, 5.41) is 11.9.